The molecule has 1 aliphatic rings. The monoisotopic (exact) mass is 331 g/mol. The Morgan fingerprint density at radius 1 is 1.33 bits per heavy atom. The summed E-state index contributed by atoms with van der Waals surface area (Å²) in [7, 11) is 0. The van der Waals surface area contributed by atoms with Crippen molar-refractivity contribution < 1.29 is 9.53 Å². The van der Waals surface area contributed by atoms with Crippen LogP contribution in [0, 0.1) is 0 Å². The topological polar surface area (TPSA) is 65.3 Å². The van der Waals surface area contributed by atoms with Gasteiger partial charge >= 0.3 is 5.69 Å². The summed E-state index contributed by atoms with van der Waals surface area (Å²) < 4.78 is 8.91. The van der Waals surface area contributed by atoms with Crippen LogP contribution in [-0.2, 0) is 22.6 Å². The van der Waals surface area contributed by atoms with Crippen molar-refractivity contribution in [3.63, 3.8) is 0 Å². The van der Waals surface area contributed by atoms with Gasteiger partial charge in [-0.1, -0.05) is 19.1 Å². The van der Waals surface area contributed by atoms with E-state index in [9.17, 15) is 9.59 Å². The molecule has 24 heavy (non-hydrogen) atoms. The summed E-state index contributed by atoms with van der Waals surface area (Å²) in [6.07, 6.45) is 2.95. The largest absolute Gasteiger partial charge is 0.376 e. The van der Waals surface area contributed by atoms with Gasteiger partial charge in [0, 0.05) is 13.2 Å². The van der Waals surface area contributed by atoms with Gasteiger partial charge in [-0.3, -0.25) is 13.9 Å². The minimum absolute atomic E-state index is 0.0348. The summed E-state index contributed by atoms with van der Waals surface area (Å²) in [6.45, 7) is 5.44. The molecule has 0 bridgehead atoms. The van der Waals surface area contributed by atoms with Gasteiger partial charge < -0.3 is 10.1 Å². The molecule has 1 aromatic carbocycles. The number of hydrogen-bond acceptors (Lipinski definition) is 3. The van der Waals surface area contributed by atoms with Crippen LogP contribution in [0.25, 0.3) is 11.0 Å². The van der Waals surface area contributed by atoms with Gasteiger partial charge in [0.05, 0.1) is 23.2 Å². The van der Waals surface area contributed by atoms with E-state index in [-0.39, 0.29) is 30.3 Å². The van der Waals surface area contributed by atoms with Crippen LogP contribution < -0.4 is 11.0 Å². The average Bonchev–Trinajstić information content (AvgIpc) is 3.19. The number of aromatic nitrogens is 2. The molecule has 1 N–H and O–H groups in total. The van der Waals surface area contributed by atoms with Gasteiger partial charge in [-0.05, 0) is 38.3 Å². The summed E-state index contributed by atoms with van der Waals surface area (Å²) in [5, 5.41) is 2.97. The van der Waals surface area contributed by atoms with Gasteiger partial charge in [0.25, 0.3) is 0 Å². The number of carbonyl (C=O) groups is 1. The summed E-state index contributed by atoms with van der Waals surface area (Å²) >= 11 is 0. The lowest BCUT2D eigenvalue weighted by Gasteiger charge is -2.20. The molecule has 0 aliphatic carbocycles. The zero-order valence-electron chi connectivity index (χ0n) is 14.3. The molecule has 2 aromatic rings. The number of rotatable bonds is 6. The lowest BCUT2D eigenvalue weighted by Crippen LogP contribution is -2.43. The Labute approximate surface area is 141 Å². The van der Waals surface area contributed by atoms with Gasteiger partial charge in [-0.2, -0.15) is 0 Å². The number of ether oxygens (including phenoxy) is 1. The van der Waals surface area contributed by atoms with Crippen LogP contribution in [0.15, 0.2) is 29.1 Å². The van der Waals surface area contributed by atoms with E-state index < -0.39 is 0 Å². The van der Waals surface area contributed by atoms with E-state index in [0.717, 1.165) is 36.9 Å². The maximum atomic E-state index is 12.7. The highest BCUT2D eigenvalue weighted by atomic mass is 16.5. The van der Waals surface area contributed by atoms with Crippen molar-refractivity contribution >= 4 is 16.9 Å². The number of nitrogens with one attached hydrogen (secondary N) is 1. The van der Waals surface area contributed by atoms with Gasteiger partial charge in [-0.25, -0.2) is 4.79 Å². The van der Waals surface area contributed by atoms with Crippen LogP contribution in [0.3, 0.4) is 0 Å². The first-order chi connectivity index (χ1) is 11.6. The second-order valence-electron chi connectivity index (χ2n) is 6.42. The smallest absolute Gasteiger partial charge is 0.329 e. The molecule has 0 unspecified atom stereocenters. The van der Waals surface area contributed by atoms with Gasteiger partial charge in [-0.15, -0.1) is 0 Å². The highest BCUT2D eigenvalue weighted by molar-refractivity contribution is 5.81. The van der Waals surface area contributed by atoms with E-state index in [4.69, 9.17) is 4.74 Å². The van der Waals surface area contributed by atoms with E-state index in [1.165, 1.54) is 0 Å². The highest BCUT2D eigenvalue weighted by Crippen LogP contribution is 2.16. The van der Waals surface area contributed by atoms with Crippen molar-refractivity contribution in [2.45, 2.75) is 58.3 Å². The number of hydrogen-bond donors (Lipinski definition) is 1. The first kappa shape index (κ1) is 16.8. The fourth-order valence-corrected chi connectivity index (χ4v) is 3.40. The predicted octanol–water partition coefficient (Wildman–Crippen LogP) is 1.90. The molecule has 2 heterocycles. The average molecular weight is 331 g/mol. The Balaban J connectivity index is 1.80. The van der Waals surface area contributed by atoms with E-state index in [0.29, 0.717) is 6.54 Å². The molecular weight excluding hydrogens is 306 g/mol. The SMILES string of the molecule is CCCn1c(=O)n(CC(=O)N[C@@H](C)[C@@H]2CCCO2)c2ccccc21. The van der Waals surface area contributed by atoms with E-state index in [2.05, 4.69) is 5.32 Å². The minimum Gasteiger partial charge on any atom is -0.376 e. The molecule has 1 saturated heterocycles. The van der Waals surface area contributed by atoms with Crippen molar-refractivity contribution in [3.05, 3.63) is 34.7 Å². The van der Waals surface area contributed by atoms with Crippen LogP contribution in [0.4, 0.5) is 0 Å². The molecule has 1 fully saturated rings. The molecule has 1 amide bonds. The van der Waals surface area contributed by atoms with Crippen molar-refractivity contribution in [3.8, 4) is 0 Å². The third-order valence-electron chi connectivity index (χ3n) is 4.59. The number of carbonyl (C=O) groups excluding carboxylic acids is 1. The quantitative estimate of drug-likeness (QED) is 0.879. The van der Waals surface area contributed by atoms with Crippen LogP contribution in [0.1, 0.15) is 33.1 Å². The Bertz CT molecular complexity index is 771. The zero-order chi connectivity index (χ0) is 17.1. The predicted molar refractivity (Wildman–Crippen MR) is 93.1 cm³/mol. The van der Waals surface area contributed by atoms with Crippen molar-refractivity contribution in [1.29, 1.82) is 0 Å². The van der Waals surface area contributed by atoms with Gasteiger partial charge in [0.15, 0.2) is 0 Å². The number of nitrogens with zero attached hydrogens (tertiary/aromatic N) is 2. The Morgan fingerprint density at radius 3 is 2.67 bits per heavy atom. The maximum absolute atomic E-state index is 12.7. The third kappa shape index (κ3) is 3.24. The number of imidazole rings is 1. The van der Waals surface area contributed by atoms with E-state index in [1.54, 1.807) is 9.13 Å². The zero-order valence-corrected chi connectivity index (χ0v) is 14.3. The van der Waals surface area contributed by atoms with E-state index in [1.807, 2.05) is 38.1 Å². The summed E-state index contributed by atoms with van der Waals surface area (Å²) in [5.74, 6) is -0.153. The molecule has 130 valence electrons. The fraction of sp³-hybridized carbons (Fsp3) is 0.556. The second kappa shape index (κ2) is 7.21. The highest BCUT2D eigenvalue weighted by Gasteiger charge is 2.24. The number of benzene rings is 1. The van der Waals surface area contributed by atoms with Gasteiger partial charge in [0.1, 0.15) is 6.54 Å². The number of fused-ring (bicyclic) bond motifs is 1. The molecule has 1 aliphatic heterocycles. The molecule has 2 atom stereocenters. The van der Waals surface area contributed by atoms with Crippen LogP contribution >= 0.6 is 0 Å². The molecule has 0 radical (unpaired) electrons. The molecule has 6 heteroatoms. The molecule has 6 nitrogen and oxygen atoms in total. The van der Waals surface area contributed by atoms with Crippen LogP contribution in [0.2, 0.25) is 0 Å². The fourth-order valence-electron chi connectivity index (χ4n) is 3.40. The first-order valence-electron chi connectivity index (χ1n) is 8.71. The number of amides is 1. The van der Waals surface area contributed by atoms with Crippen molar-refractivity contribution in [2.24, 2.45) is 0 Å². The van der Waals surface area contributed by atoms with E-state index >= 15 is 0 Å². The molecular formula is C18H25N3O3. The molecule has 3 rings (SSSR count). The minimum atomic E-state index is -0.153. The van der Waals surface area contributed by atoms with Crippen LogP contribution in [0.5, 0.6) is 0 Å². The lowest BCUT2D eigenvalue weighted by atomic mass is 10.1. The molecule has 0 saturated carbocycles. The van der Waals surface area contributed by atoms with Gasteiger partial charge in [0.2, 0.25) is 5.91 Å². The Kier molecular flexibility index (Phi) is 5.04. The molecule has 1 aromatic heterocycles. The normalized spacial score (nSPS) is 18.8. The second-order valence-corrected chi connectivity index (χ2v) is 6.42. The first-order valence-corrected chi connectivity index (χ1v) is 8.71. The summed E-state index contributed by atoms with van der Waals surface area (Å²) in [6, 6.07) is 7.58. The van der Waals surface area contributed by atoms with Crippen molar-refractivity contribution in [2.75, 3.05) is 6.61 Å². The molecule has 0 spiro atoms. The summed E-state index contributed by atoms with van der Waals surface area (Å²) in [4.78, 5) is 25.1. The lowest BCUT2D eigenvalue weighted by molar-refractivity contribution is -0.123. The maximum Gasteiger partial charge on any atom is 0.329 e. The third-order valence-corrected chi connectivity index (χ3v) is 4.59. The van der Waals surface area contributed by atoms with Crippen molar-refractivity contribution in [1.82, 2.24) is 14.5 Å². The van der Waals surface area contributed by atoms with Crippen LogP contribution in [-0.4, -0.2) is 33.8 Å². The number of aryl methyl sites for hydroxylation is 1. The number of para-hydroxylation sites is 2. The summed E-state index contributed by atoms with van der Waals surface area (Å²) in [5.41, 5.74) is 1.55. The Morgan fingerprint density at radius 2 is 2.04 bits per heavy atom. The standard InChI is InChI=1S/C18H25N3O3/c1-3-10-20-14-7-4-5-8-15(14)21(18(20)23)12-17(22)19-13(2)16-9-6-11-24-16/h4-5,7-8,13,16H,3,6,9-12H2,1-2H3,(H,19,22)/t13-,16-/m0/s1. The Hall–Kier alpha value is -2.08.